The zero-order valence-corrected chi connectivity index (χ0v) is 17.9. The summed E-state index contributed by atoms with van der Waals surface area (Å²) in [6.07, 6.45) is -2.74. The van der Waals surface area contributed by atoms with E-state index < -0.39 is 11.7 Å². The largest absolute Gasteiger partial charge is 0.490 e. The van der Waals surface area contributed by atoms with E-state index in [2.05, 4.69) is 0 Å². The van der Waals surface area contributed by atoms with E-state index in [1.54, 1.807) is 31.3 Å². The molecule has 2 aromatic rings. The van der Waals surface area contributed by atoms with Crippen molar-refractivity contribution in [1.29, 1.82) is 0 Å². The van der Waals surface area contributed by atoms with Gasteiger partial charge in [0, 0.05) is 7.05 Å². The average molecular weight is 474 g/mol. The minimum absolute atomic E-state index is 0.0400. The van der Waals surface area contributed by atoms with Gasteiger partial charge < -0.3 is 9.47 Å². The Morgan fingerprint density at radius 3 is 2.53 bits per heavy atom. The van der Waals surface area contributed by atoms with Gasteiger partial charge in [0.05, 0.1) is 15.5 Å². The maximum Gasteiger partial charge on any atom is 0.416 e. The first-order valence-electron chi connectivity index (χ1n) is 8.59. The molecule has 0 bridgehead atoms. The van der Waals surface area contributed by atoms with E-state index in [0.29, 0.717) is 25.6 Å². The number of likely N-dealkylation sites (N-methyl/N-ethyl adjacent to an activating group) is 1. The molecule has 10 heteroatoms. The number of alkyl halides is 3. The van der Waals surface area contributed by atoms with Crippen molar-refractivity contribution in [3.05, 3.63) is 63.5 Å². The molecule has 1 aliphatic heterocycles. The second-order valence-electron chi connectivity index (χ2n) is 6.15. The summed E-state index contributed by atoms with van der Waals surface area (Å²) < 4.78 is 49.5. The van der Waals surface area contributed by atoms with Gasteiger partial charge in [-0.3, -0.25) is 9.69 Å². The second-order valence-corrected chi connectivity index (χ2v) is 8.24. The Morgan fingerprint density at radius 1 is 1.17 bits per heavy atom. The van der Waals surface area contributed by atoms with Gasteiger partial charge in [0.25, 0.3) is 5.91 Å². The molecule has 4 nitrogen and oxygen atoms in total. The second kappa shape index (κ2) is 9.28. The van der Waals surface area contributed by atoms with Crippen LogP contribution in [0, 0.1) is 0 Å². The van der Waals surface area contributed by atoms with Gasteiger partial charge in [-0.15, -0.1) is 0 Å². The zero-order valence-electron chi connectivity index (χ0n) is 15.5. The Hall–Kier alpha value is -2.23. The number of nitrogens with zero attached hydrogens (tertiary/aromatic N) is 1. The lowest BCUT2D eigenvalue weighted by atomic mass is 10.2. The third-order valence-electron chi connectivity index (χ3n) is 4.01. The Bertz CT molecular complexity index is 1010. The van der Waals surface area contributed by atoms with E-state index in [1.807, 2.05) is 0 Å². The predicted molar refractivity (Wildman–Crippen MR) is 115 cm³/mol. The summed E-state index contributed by atoms with van der Waals surface area (Å²) in [6.45, 7) is 0.127. The van der Waals surface area contributed by atoms with E-state index >= 15 is 0 Å². The molecule has 1 amide bonds. The number of rotatable bonds is 6. The molecule has 0 N–H and O–H groups in total. The molecule has 0 unspecified atom stereocenters. The summed E-state index contributed by atoms with van der Waals surface area (Å²) in [5.74, 6) is 0.320. The van der Waals surface area contributed by atoms with Crippen LogP contribution in [-0.4, -0.2) is 35.4 Å². The molecule has 1 saturated heterocycles. The van der Waals surface area contributed by atoms with Crippen LogP contribution in [0.25, 0.3) is 6.08 Å². The van der Waals surface area contributed by atoms with E-state index in [1.165, 1.54) is 28.8 Å². The normalized spacial score (nSPS) is 15.8. The average Bonchev–Trinajstić information content (AvgIpc) is 2.93. The van der Waals surface area contributed by atoms with E-state index in [9.17, 15) is 18.0 Å². The molecular weight excluding hydrogens is 459 g/mol. The molecule has 0 saturated carbocycles. The molecule has 1 aliphatic rings. The molecule has 3 rings (SSSR count). The Kier molecular flexibility index (Phi) is 6.95. The number of amides is 1. The lowest BCUT2D eigenvalue weighted by Crippen LogP contribution is -2.22. The molecule has 1 heterocycles. The lowest BCUT2D eigenvalue weighted by Gasteiger charge is -2.12. The number of hydrogen-bond acceptors (Lipinski definition) is 5. The van der Waals surface area contributed by atoms with Crippen LogP contribution in [0.3, 0.4) is 0 Å². The van der Waals surface area contributed by atoms with Crippen LogP contribution in [0.15, 0.2) is 47.4 Å². The topological polar surface area (TPSA) is 38.8 Å². The van der Waals surface area contributed by atoms with Crippen LogP contribution in [0.5, 0.6) is 11.5 Å². The summed E-state index contributed by atoms with van der Waals surface area (Å²) in [5.41, 5.74) is -0.0685. The van der Waals surface area contributed by atoms with Crippen molar-refractivity contribution in [2.24, 2.45) is 0 Å². The number of halogens is 4. The number of ether oxygens (including phenoxy) is 2. The summed E-state index contributed by atoms with van der Waals surface area (Å²) in [5, 5.41) is 0.329. The summed E-state index contributed by atoms with van der Waals surface area (Å²) in [6, 6.07) is 9.65. The fraction of sp³-hybridized carbons (Fsp3) is 0.200. The molecule has 0 aliphatic carbocycles. The van der Waals surface area contributed by atoms with Gasteiger partial charge in [-0.25, -0.2) is 0 Å². The maximum atomic E-state index is 12.7. The monoisotopic (exact) mass is 473 g/mol. The molecule has 1 fully saturated rings. The summed E-state index contributed by atoms with van der Waals surface area (Å²) >= 11 is 12.5. The molecule has 0 atom stereocenters. The van der Waals surface area contributed by atoms with Crippen LogP contribution < -0.4 is 9.47 Å². The van der Waals surface area contributed by atoms with Crippen molar-refractivity contribution in [2.75, 3.05) is 20.3 Å². The fourth-order valence-corrected chi connectivity index (χ4v) is 3.92. The van der Waals surface area contributed by atoms with Gasteiger partial charge in [0.15, 0.2) is 0 Å². The first kappa shape index (κ1) is 22.5. The Balaban J connectivity index is 1.56. The Morgan fingerprint density at radius 2 is 1.90 bits per heavy atom. The van der Waals surface area contributed by atoms with Gasteiger partial charge in [-0.2, -0.15) is 13.2 Å². The maximum absolute atomic E-state index is 12.7. The number of carbonyl (C=O) groups excluding carboxylic acids is 1. The highest BCUT2D eigenvalue weighted by Gasteiger charge is 2.30. The smallest absolute Gasteiger partial charge is 0.416 e. The highest BCUT2D eigenvalue weighted by molar-refractivity contribution is 8.26. The molecule has 0 radical (unpaired) electrons. The number of benzene rings is 2. The molecule has 2 aromatic carbocycles. The van der Waals surface area contributed by atoms with Gasteiger partial charge in [0.2, 0.25) is 0 Å². The molecule has 0 aromatic heterocycles. The van der Waals surface area contributed by atoms with Crippen molar-refractivity contribution in [3.63, 3.8) is 0 Å². The van der Waals surface area contributed by atoms with Crippen molar-refractivity contribution in [3.8, 4) is 11.5 Å². The lowest BCUT2D eigenvalue weighted by molar-refractivity contribution is -0.137. The quantitative estimate of drug-likeness (QED) is 0.308. The van der Waals surface area contributed by atoms with Crippen molar-refractivity contribution in [1.82, 2.24) is 4.90 Å². The molecular formula is C20H15ClF3NO3S2. The molecule has 158 valence electrons. The van der Waals surface area contributed by atoms with Crippen molar-refractivity contribution < 1.29 is 27.4 Å². The van der Waals surface area contributed by atoms with Crippen molar-refractivity contribution in [2.45, 2.75) is 6.18 Å². The first-order valence-corrected chi connectivity index (χ1v) is 10.2. The Labute approximate surface area is 185 Å². The minimum atomic E-state index is -4.43. The van der Waals surface area contributed by atoms with Crippen LogP contribution in [0.1, 0.15) is 11.1 Å². The van der Waals surface area contributed by atoms with Crippen LogP contribution in [-0.2, 0) is 11.0 Å². The van der Waals surface area contributed by atoms with Crippen LogP contribution in [0.2, 0.25) is 5.02 Å². The number of thioether (sulfide) groups is 1. The highest BCUT2D eigenvalue weighted by Crippen LogP contribution is 2.33. The van der Waals surface area contributed by atoms with E-state index in [0.717, 1.165) is 12.1 Å². The molecule has 0 spiro atoms. The summed E-state index contributed by atoms with van der Waals surface area (Å²) in [4.78, 5) is 14.0. The van der Waals surface area contributed by atoms with Crippen molar-refractivity contribution >= 4 is 51.9 Å². The summed E-state index contributed by atoms with van der Waals surface area (Å²) in [7, 11) is 1.61. The zero-order chi connectivity index (χ0) is 21.9. The van der Waals surface area contributed by atoms with Gasteiger partial charge in [0.1, 0.15) is 29.0 Å². The standard InChI is InChI=1S/C20H15ClF3NO3S2/c1-25-18(26)17(30-19(25)29)10-12-5-6-16(15(21)9-12)28-8-7-27-14-4-2-3-13(11-14)20(22,23)24/h2-6,9-11H,7-8H2,1H3. The van der Waals surface area contributed by atoms with Crippen LogP contribution >= 0.6 is 35.6 Å². The van der Waals surface area contributed by atoms with Gasteiger partial charge in [-0.1, -0.05) is 47.7 Å². The van der Waals surface area contributed by atoms with E-state index in [-0.39, 0.29) is 24.9 Å². The number of carbonyl (C=O) groups is 1. The number of thiocarbonyl (C=S) groups is 1. The van der Waals surface area contributed by atoms with Crippen LogP contribution in [0.4, 0.5) is 13.2 Å². The highest BCUT2D eigenvalue weighted by atomic mass is 35.5. The number of hydrogen-bond donors (Lipinski definition) is 0. The third-order valence-corrected chi connectivity index (χ3v) is 5.79. The van der Waals surface area contributed by atoms with E-state index in [4.69, 9.17) is 33.3 Å². The predicted octanol–water partition coefficient (Wildman–Crippen LogP) is 5.65. The first-order chi connectivity index (χ1) is 14.1. The van der Waals surface area contributed by atoms with Gasteiger partial charge in [-0.05, 0) is 42.0 Å². The fourth-order valence-electron chi connectivity index (χ4n) is 2.49. The third kappa shape index (κ3) is 5.47. The molecule has 30 heavy (non-hydrogen) atoms. The SMILES string of the molecule is CN1C(=O)C(=Cc2ccc(OCCOc3cccc(C(F)(F)F)c3)c(Cl)c2)SC1=S. The minimum Gasteiger partial charge on any atom is -0.490 e. The van der Waals surface area contributed by atoms with Gasteiger partial charge >= 0.3 is 6.18 Å².